The Hall–Kier alpha value is -3.09. The smallest absolute Gasteiger partial charge is 0.234 e. The second-order valence-electron chi connectivity index (χ2n) is 6.95. The van der Waals surface area contributed by atoms with Gasteiger partial charge in [-0.05, 0) is 23.3 Å². The minimum absolute atomic E-state index is 0.142. The second-order valence-corrected chi connectivity index (χ2v) is 8.30. The Kier molecular flexibility index (Phi) is 7.02. The van der Waals surface area contributed by atoms with Crippen LogP contribution in [0, 0.1) is 0 Å². The van der Waals surface area contributed by atoms with Gasteiger partial charge < -0.3 is 9.88 Å². The third kappa shape index (κ3) is 5.75. The number of para-hydroxylation sites is 1. The normalized spacial score (nSPS) is 10.7. The van der Waals surface area contributed by atoms with Gasteiger partial charge in [0.15, 0.2) is 5.16 Å². The minimum atomic E-state index is -0.142. The summed E-state index contributed by atoms with van der Waals surface area (Å²) in [6, 6.07) is 27.5. The van der Waals surface area contributed by atoms with Crippen molar-refractivity contribution in [3.63, 3.8) is 0 Å². The summed E-state index contributed by atoms with van der Waals surface area (Å²) in [5, 5.41) is 12.9. The summed E-state index contributed by atoms with van der Waals surface area (Å²) in [6.07, 6.45) is 0.674. The molecule has 5 nitrogen and oxygen atoms in total. The van der Waals surface area contributed by atoms with Crippen LogP contribution in [0.3, 0.4) is 0 Å². The number of thioether (sulfide) groups is 1. The number of nitrogens with one attached hydrogen (secondary N) is 1. The Bertz CT molecular complexity index is 1150. The summed E-state index contributed by atoms with van der Waals surface area (Å²) in [7, 11) is 0. The van der Waals surface area contributed by atoms with Gasteiger partial charge in [0.1, 0.15) is 5.82 Å². The van der Waals surface area contributed by atoms with Crippen molar-refractivity contribution in [1.29, 1.82) is 0 Å². The van der Waals surface area contributed by atoms with Crippen LogP contribution in [0.1, 0.15) is 17.0 Å². The molecule has 31 heavy (non-hydrogen) atoms. The zero-order valence-corrected chi connectivity index (χ0v) is 18.3. The number of carbonyl (C=O) groups excluding carboxylic acids is 1. The van der Waals surface area contributed by atoms with E-state index in [1.165, 1.54) is 11.8 Å². The van der Waals surface area contributed by atoms with E-state index in [0.717, 1.165) is 17.0 Å². The van der Waals surface area contributed by atoms with Crippen molar-refractivity contribution in [3.8, 4) is 0 Å². The molecule has 7 heteroatoms. The lowest BCUT2D eigenvalue weighted by molar-refractivity contribution is -0.113. The summed E-state index contributed by atoms with van der Waals surface area (Å²) >= 11 is 7.50. The number of rotatable bonds is 8. The summed E-state index contributed by atoms with van der Waals surface area (Å²) < 4.78 is 2.08. The van der Waals surface area contributed by atoms with E-state index in [0.29, 0.717) is 28.8 Å². The summed E-state index contributed by atoms with van der Waals surface area (Å²) in [5.74, 6) is 0.935. The van der Waals surface area contributed by atoms with E-state index in [9.17, 15) is 4.79 Å². The summed E-state index contributed by atoms with van der Waals surface area (Å²) in [5.41, 5.74) is 2.92. The molecule has 0 atom stereocenters. The molecule has 1 N–H and O–H groups in total. The molecule has 3 aromatic carbocycles. The largest absolute Gasteiger partial charge is 0.324 e. The van der Waals surface area contributed by atoms with Gasteiger partial charge in [-0.2, -0.15) is 0 Å². The van der Waals surface area contributed by atoms with Crippen LogP contribution in [-0.2, 0) is 17.8 Å². The quantitative estimate of drug-likeness (QED) is 0.371. The van der Waals surface area contributed by atoms with Crippen molar-refractivity contribution in [1.82, 2.24) is 14.8 Å². The topological polar surface area (TPSA) is 59.8 Å². The van der Waals surface area contributed by atoms with Crippen LogP contribution in [-0.4, -0.2) is 26.4 Å². The molecule has 4 rings (SSSR count). The zero-order valence-electron chi connectivity index (χ0n) is 16.7. The van der Waals surface area contributed by atoms with E-state index in [1.54, 1.807) is 12.1 Å². The van der Waals surface area contributed by atoms with Gasteiger partial charge in [0.05, 0.1) is 23.0 Å². The first-order valence-corrected chi connectivity index (χ1v) is 11.2. The number of halogens is 1. The average molecular weight is 449 g/mol. The number of amides is 1. The van der Waals surface area contributed by atoms with E-state index in [4.69, 9.17) is 11.6 Å². The standard InChI is InChI=1S/C24H21ClN4OS/c25-20-13-7-8-14-21(20)26-23(30)17-31-24-28-27-22(15-18-9-3-1-4-10-18)29(24)16-19-11-5-2-6-12-19/h1-14H,15-17H2,(H,26,30). The molecular formula is C24H21ClN4OS. The molecule has 0 aliphatic carbocycles. The maximum absolute atomic E-state index is 12.5. The van der Waals surface area contributed by atoms with E-state index in [1.807, 2.05) is 48.5 Å². The highest BCUT2D eigenvalue weighted by Crippen LogP contribution is 2.23. The van der Waals surface area contributed by atoms with Crippen LogP contribution < -0.4 is 5.32 Å². The van der Waals surface area contributed by atoms with Gasteiger partial charge in [-0.15, -0.1) is 10.2 Å². The molecule has 0 bridgehead atoms. The van der Waals surface area contributed by atoms with E-state index in [-0.39, 0.29) is 11.7 Å². The van der Waals surface area contributed by atoms with Crippen molar-refractivity contribution >= 4 is 35.0 Å². The fourth-order valence-electron chi connectivity index (χ4n) is 3.14. The van der Waals surface area contributed by atoms with Crippen molar-refractivity contribution in [2.45, 2.75) is 18.1 Å². The molecule has 0 saturated carbocycles. The molecule has 0 fully saturated rings. The second kappa shape index (κ2) is 10.3. The van der Waals surface area contributed by atoms with E-state index in [2.05, 4.69) is 44.3 Å². The van der Waals surface area contributed by atoms with E-state index < -0.39 is 0 Å². The van der Waals surface area contributed by atoms with Gasteiger partial charge in [0.2, 0.25) is 5.91 Å². The van der Waals surface area contributed by atoms with Crippen LogP contribution in [0.5, 0.6) is 0 Å². The van der Waals surface area contributed by atoms with Crippen LogP contribution in [0.2, 0.25) is 5.02 Å². The van der Waals surface area contributed by atoms with Crippen LogP contribution in [0.4, 0.5) is 5.69 Å². The maximum Gasteiger partial charge on any atom is 0.234 e. The maximum atomic E-state index is 12.5. The molecule has 1 amide bonds. The Labute approximate surface area is 190 Å². The first-order valence-electron chi connectivity index (χ1n) is 9.86. The lowest BCUT2D eigenvalue weighted by Crippen LogP contribution is -2.15. The highest BCUT2D eigenvalue weighted by Gasteiger charge is 2.15. The number of hydrogen-bond donors (Lipinski definition) is 1. The molecule has 1 aromatic heterocycles. The van der Waals surface area contributed by atoms with Gasteiger partial charge in [0.25, 0.3) is 0 Å². The molecule has 0 spiro atoms. The molecule has 156 valence electrons. The average Bonchev–Trinajstić information content (AvgIpc) is 3.16. The predicted octanol–water partition coefficient (Wildman–Crippen LogP) is 5.30. The number of benzene rings is 3. The number of aromatic nitrogens is 3. The van der Waals surface area contributed by atoms with Gasteiger partial charge >= 0.3 is 0 Å². The lowest BCUT2D eigenvalue weighted by atomic mass is 10.1. The number of nitrogens with zero attached hydrogens (tertiary/aromatic N) is 3. The molecule has 0 radical (unpaired) electrons. The third-order valence-electron chi connectivity index (χ3n) is 4.66. The van der Waals surface area contributed by atoms with Crippen LogP contribution in [0.15, 0.2) is 90.1 Å². The van der Waals surface area contributed by atoms with E-state index >= 15 is 0 Å². The Morgan fingerprint density at radius 2 is 1.52 bits per heavy atom. The molecule has 4 aromatic rings. The molecule has 0 aliphatic rings. The van der Waals surface area contributed by atoms with Crippen molar-refractivity contribution in [2.24, 2.45) is 0 Å². The minimum Gasteiger partial charge on any atom is -0.324 e. The van der Waals surface area contributed by atoms with Crippen LogP contribution >= 0.6 is 23.4 Å². The molecule has 1 heterocycles. The predicted molar refractivity (Wildman–Crippen MR) is 126 cm³/mol. The first kappa shape index (κ1) is 21.2. The number of hydrogen-bond acceptors (Lipinski definition) is 4. The third-order valence-corrected chi connectivity index (χ3v) is 5.96. The zero-order chi connectivity index (χ0) is 21.5. The van der Waals surface area contributed by atoms with Crippen LogP contribution in [0.25, 0.3) is 0 Å². The highest BCUT2D eigenvalue weighted by atomic mass is 35.5. The Balaban J connectivity index is 1.50. The fourth-order valence-corrected chi connectivity index (χ4v) is 4.08. The molecule has 0 aliphatic heterocycles. The molecular weight excluding hydrogens is 428 g/mol. The van der Waals surface area contributed by atoms with Crippen molar-refractivity contribution < 1.29 is 4.79 Å². The van der Waals surface area contributed by atoms with Gasteiger partial charge in [-0.3, -0.25) is 4.79 Å². The Morgan fingerprint density at radius 1 is 0.871 bits per heavy atom. The molecule has 0 saturated heterocycles. The number of anilines is 1. The van der Waals surface area contributed by atoms with Crippen molar-refractivity contribution in [3.05, 3.63) is 107 Å². The Morgan fingerprint density at radius 3 is 2.23 bits per heavy atom. The van der Waals surface area contributed by atoms with Gasteiger partial charge in [-0.25, -0.2) is 0 Å². The SMILES string of the molecule is O=C(CSc1nnc(Cc2ccccc2)n1Cc1ccccc1)Nc1ccccc1Cl. The first-order chi connectivity index (χ1) is 15.2. The monoisotopic (exact) mass is 448 g/mol. The molecule has 0 unspecified atom stereocenters. The fraction of sp³-hybridized carbons (Fsp3) is 0.125. The highest BCUT2D eigenvalue weighted by molar-refractivity contribution is 7.99. The lowest BCUT2D eigenvalue weighted by Gasteiger charge is -2.11. The number of carbonyl (C=O) groups is 1. The van der Waals surface area contributed by atoms with Gasteiger partial charge in [0, 0.05) is 6.42 Å². The van der Waals surface area contributed by atoms with Crippen molar-refractivity contribution in [2.75, 3.05) is 11.1 Å². The van der Waals surface area contributed by atoms with Gasteiger partial charge in [-0.1, -0.05) is 96.2 Å². The summed E-state index contributed by atoms with van der Waals surface area (Å²) in [4.78, 5) is 12.5. The summed E-state index contributed by atoms with van der Waals surface area (Å²) in [6.45, 7) is 0.643.